The lowest BCUT2D eigenvalue weighted by molar-refractivity contribution is -0.158. The third kappa shape index (κ3) is 12.7. The molecule has 0 radical (unpaired) electrons. The van der Waals surface area contributed by atoms with Crippen LogP contribution in [0, 0.1) is 0 Å². The fourth-order valence-corrected chi connectivity index (χ4v) is 7.62. The Morgan fingerprint density at radius 2 is 1.39 bits per heavy atom. The van der Waals surface area contributed by atoms with E-state index in [9.17, 15) is 48.3 Å². The number of fused-ring (bicyclic) bond motifs is 2. The number of ether oxygens (including phenoxy) is 1. The van der Waals surface area contributed by atoms with E-state index in [1.165, 1.54) is 59.9 Å². The van der Waals surface area contributed by atoms with Gasteiger partial charge in [0.25, 0.3) is 0 Å². The second-order valence-electron chi connectivity index (χ2n) is 15.8. The number of carbonyl (C=O) groups excluding carboxylic acids is 9. The van der Waals surface area contributed by atoms with Gasteiger partial charge in [-0.05, 0) is 45.1 Å². The Kier molecular flexibility index (Phi) is 17.1. The van der Waals surface area contributed by atoms with Gasteiger partial charge in [-0.25, -0.2) is 4.79 Å². The highest BCUT2D eigenvalue weighted by atomic mass is 16.5. The standard InChI is InChI=1S/C46H55N7O11/c1-29-43(60)53-26-16-20-35(53)46(63)64-28-33(44(61)52-25-15-19-34(52)45(62)51(3)30(2)41(58)47-29)49-42(59)32(27-31-17-11-10-12-18-31)48-38(56)21-13-8-6-4-5-7-9-14-22-39(57)50-40-36(54)23-24-37(40)55/h4-14,17-18,21-22,29-30,32-35,54H,15-16,19-20,23-28H2,1-3H3,(H,47,58)(H,48,56)(H,49,59)(H,50,57)/b5-4+,8-6+,9-7+,21-13+,22-14+/t29?,30-,32?,33-,34-,35-/m0/s1. The van der Waals surface area contributed by atoms with Crippen molar-refractivity contribution in [2.75, 3.05) is 26.7 Å². The highest BCUT2D eigenvalue weighted by Crippen LogP contribution is 2.24. The van der Waals surface area contributed by atoms with Gasteiger partial charge >= 0.3 is 5.97 Å². The van der Waals surface area contributed by atoms with Crippen LogP contribution in [0.4, 0.5) is 0 Å². The van der Waals surface area contributed by atoms with Crippen LogP contribution in [0.1, 0.15) is 57.9 Å². The number of Topliss-reactive ketones (excluding diaryl/α,β-unsaturated/α-hetero) is 1. The molecule has 3 saturated heterocycles. The topological polar surface area (TPSA) is 241 Å². The van der Waals surface area contributed by atoms with Crippen LogP contribution in [0.5, 0.6) is 0 Å². The Balaban J connectivity index is 1.27. The Morgan fingerprint density at radius 1 is 0.797 bits per heavy atom. The molecule has 5 N–H and O–H groups in total. The molecule has 3 aliphatic heterocycles. The second-order valence-corrected chi connectivity index (χ2v) is 15.8. The number of amides is 7. The van der Waals surface area contributed by atoms with Gasteiger partial charge in [0.15, 0.2) is 5.78 Å². The van der Waals surface area contributed by atoms with Crippen LogP contribution in [0.15, 0.2) is 103 Å². The third-order valence-corrected chi connectivity index (χ3v) is 11.3. The van der Waals surface area contributed by atoms with Gasteiger partial charge in [0, 0.05) is 51.6 Å². The molecule has 2 unspecified atom stereocenters. The van der Waals surface area contributed by atoms with Crippen LogP contribution in [-0.2, 0) is 54.3 Å². The van der Waals surface area contributed by atoms with Gasteiger partial charge in [0.2, 0.25) is 41.4 Å². The highest BCUT2D eigenvalue weighted by molar-refractivity contribution is 6.03. The van der Waals surface area contributed by atoms with Crippen LogP contribution in [0.2, 0.25) is 0 Å². The number of cyclic esters (lactones) is 1. The van der Waals surface area contributed by atoms with Crippen molar-refractivity contribution in [2.24, 2.45) is 0 Å². The minimum Gasteiger partial charge on any atom is -0.510 e. The molecular formula is C46H55N7O11. The number of carbonyl (C=O) groups is 9. The molecule has 1 aliphatic carbocycles. The van der Waals surface area contributed by atoms with E-state index in [0.29, 0.717) is 18.4 Å². The summed E-state index contributed by atoms with van der Waals surface area (Å²) in [6.45, 7) is 2.79. The molecule has 1 aromatic carbocycles. The van der Waals surface area contributed by atoms with Crippen molar-refractivity contribution in [3.05, 3.63) is 108 Å². The Morgan fingerprint density at radius 3 is 2.02 bits per heavy atom. The number of benzene rings is 1. The van der Waals surface area contributed by atoms with E-state index in [-0.39, 0.29) is 62.4 Å². The van der Waals surface area contributed by atoms with Crippen LogP contribution in [0.25, 0.3) is 0 Å². The number of aliphatic hydroxyl groups is 1. The minimum absolute atomic E-state index is 0.0271. The van der Waals surface area contributed by atoms with Crippen LogP contribution >= 0.6 is 0 Å². The number of esters is 1. The fraction of sp³-hybridized carbons (Fsp3) is 0.413. The lowest BCUT2D eigenvalue weighted by atomic mass is 10.0. The van der Waals surface area contributed by atoms with E-state index in [2.05, 4.69) is 21.3 Å². The lowest BCUT2D eigenvalue weighted by Crippen LogP contribution is -2.60. The quantitative estimate of drug-likeness (QED) is 0.113. The van der Waals surface area contributed by atoms with Crippen molar-refractivity contribution < 1.29 is 53.0 Å². The van der Waals surface area contributed by atoms with E-state index < -0.39 is 90.2 Å². The number of nitrogens with one attached hydrogen (secondary N) is 4. The van der Waals surface area contributed by atoms with Crippen molar-refractivity contribution in [1.82, 2.24) is 36.0 Å². The maximum Gasteiger partial charge on any atom is 0.328 e. The highest BCUT2D eigenvalue weighted by Gasteiger charge is 2.43. The van der Waals surface area contributed by atoms with Gasteiger partial charge in [0.1, 0.15) is 54.3 Å². The first kappa shape index (κ1) is 47.9. The number of rotatable bonds is 12. The van der Waals surface area contributed by atoms with Gasteiger partial charge in [0.05, 0.1) is 0 Å². The molecule has 0 spiro atoms. The van der Waals surface area contributed by atoms with Gasteiger partial charge in [-0.3, -0.25) is 38.4 Å². The van der Waals surface area contributed by atoms with Crippen LogP contribution < -0.4 is 21.3 Å². The number of aliphatic hydroxyl groups excluding tert-OH is 1. The first-order valence-electron chi connectivity index (χ1n) is 21.3. The molecule has 18 heteroatoms. The number of hydrogen-bond acceptors (Lipinski definition) is 11. The summed E-state index contributed by atoms with van der Waals surface area (Å²) in [5, 5.41) is 20.1. The van der Waals surface area contributed by atoms with Crippen molar-refractivity contribution >= 4 is 53.1 Å². The fourth-order valence-electron chi connectivity index (χ4n) is 7.62. The zero-order valence-corrected chi connectivity index (χ0v) is 36.1. The Hall–Kier alpha value is -7.11. The van der Waals surface area contributed by atoms with E-state index in [0.717, 1.165) is 0 Å². The summed E-state index contributed by atoms with van der Waals surface area (Å²) in [4.78, 5) is 123. The molecule has 64 heavy (non-hydrogen) atoms. The molecule has 3 fully saturated rings. The van der Waals surface area contributed by atoms with Crippen molar-refractivity contribution in [1.29, 1.82) is 0 Å². The number of likely N-dealkylation sites (N-methyl/N-ethyl adjacent to an activating group) is 1. The predicted molar refractivity (Wildman–Crippen MR) is 232 cm³/mol. The zero-order chi connectivity index (χ0) is 46.3. The molecule has 7 amide bonds. The smallest absolute Gasteiger partial charge is 0.328 e. The third-order valence-electron chi connectivity index (χ3n) is 11.3. The monoisotopic (exact) mass is 881 g/mol. The average molecular weight is 882 g/mol. The summed E-state index contributed by atoms with van der Waals surface area (Å²) < 4.78 is 5.66. The van der Waals surface area contributed by atoms with E-state index in [1.54, 1.807) is 66.8 Å². The molecule has 5 rings (SSSR count). The number of allylic oxidation sites excluding steroid dienone is 10. The van der Waals surface area contributed by atoms with E-state index in [4.69, 9.17) is 4.74 Å². The molecule has 6 atom stereocenters. The molecule has 1 aromatic rings. The SMILES string of the molecule is CC1NC(=O)[C@H](C)N(C)C(=O)[C@@H]2CCCN2C(=O)[C@@H](NC(=O)C(Cc2ccccc2)NC(=O)/C=C/C=C/C=C/C=C/C=C/C(=O)NC2=C(O)CCC2=O)COC(=O)[C@@H]2CCCN2C1=O. The normalized spacial score (nSPS) is 24.6. The molecule has 0 saturated carbocycles. The maximum atomic E-state index is 14.3. The van der Waals surface area contributed by atoms with E-state index >= 15 is 0 Å². The largest absolute Gasteiger partial charge is 0.510 e. The predicted octanol–water partition coefficient (Wildman–Crippen LogP) is 1.12. The minimum atomic E-state index is -1.48. The number of hydrogen-bond donors (Lipinski definition) is 5. The Bertz CT molecular complexity index is 2160. The zero-order valence-electron chi connectivity index (χ0n) is 36.1. The van der Waals surface area contributed by atoms with Crippen LogP contribution in [-0.4, -0.2) is 136 Å². The number of nitrogens with zero attached hydrogens (tertiary/aromatic N) is 3. The van der Waals surface area contributed by atoms with Crippen molar-refractivity contribution in [2.45, 2.75) is 95.0 Å². The van der Waals surface area contributed by atoms with Crippen LogP contribution in [0.3, 0.4) is 0 Å². The molecule has 18 nitrogen and oxygen atoms in total. The molecular weight excluding hydrogens is 827 g/mol. The molecule has 0 bridgehead atoms. The first-order chi connectivity index (χ1) is 30.7. The molecule has 340 valence electrons. The van der Waals surface area contributed by atoms with Gasteiger partial charge in [-0.15, -0.1) is 0 Å². The summed E-state index contributed by atoms with van der Waals surface area (Å²) in [7, 11) is 1.44. The molecule has 3 heterocycles. The lowest BCUT2D eigenvalue weighted by Gasteiger charge is -2.34. The second kappa shape index (κ2) is 22.8. The van der Waals surface area contributed by atoms with Crippen molar-refractivity contribution in [3.63, 3.8) is 0 Å². The maximum absolute atomic E-state index is 14.3. The summed E-state index contributed by atoms with van der Waals surface area (Å²) in [5.74, 6) is -5.50. The van der Waals surface area contributed by atoms with Gasteiger partial charge < -0.3 is 45.8 Å². The summed E-state index contributed by atoms with van der Waals surface area (Å²) in [6.07, 6.45) is 17.0. The average Bonchev–Trinajstić information content (AvgIpc) is 4.05. The van der Waals surface area contributed by atoms with E-state index in [1.807, 2.05) is 0 Å². The van der Waals surface area contributed by atoms with Crippen molar-refractivity contribution in [3.8, 4) is 0 Å². The molecule has 0 aromatic heterocycles. The summed E-state index contributed by atoms with van der Waals surface area (Å²) >= 11 is 0. The van der Waals surface area contributed by atoms with Gasteiger partial charge in [-0.2, -0.15) is 0 Å². The Labute approximate surface area is 371 Å². The molecule has 4 aliphatic rings. The summed E-state index contributed by atoms with van der Waals surface area (Å²) in [6, 6.07) is 2.21. The summed E-state index contributed by atoms with van der Waals surface area (Å²) in [5.41, 5.74) is 0.617. The number of ketones is 1. The first-order valence-corrected chi connectivity index (χ1v) is 21.3. The van der Waals surface area contributed by atoms with Gasteiger partial charge in [-0.1, -0.05) is 78.9 Å².